The Labute approximate surface area is 134 Å². The molecule has 5 heteroatoms. The molecule has 0 heterocycles. The minimum absolute atomic E-state index is 0.161. The van der Waals surface area contributed by atoms with E-state index in [-0.39, 0.29) is 11.7 Å². The highest BCUT2D eigenvalue weighted by atomic mass is 16.5. The summed E-state index contributed by atoms with van der Waals surface area (Å²) in [6.07, 6.45) is 1.42. The van der Waals surface area contributed by atoms with Crippen molar-refractivity contribution in [3.8, 4) is 5.75 Å². The number of rotatable bonds is 6. The summed E-state index contributed by atoms with van der Waals surface area (Å²) in [7, 11) is 1.57. The first-order chi connectivity index (χ1) is 11.1. The van der Waals surface area contributed by atoms with E-state index in [1.165, 1.54) is 6.08 Å². The fourth-order valence-corrected chi connectivity index (χ4v) is 1.89. The molecule has 2 N–H and O–H groups in total. The molecule has 0 aliphatic rings. The molecule has 0 fully saturated rings. The van der Waals surface area contributed by atoms with Gasteiger partial charge in [0.15, 0.2) is 5.78 Å². The number of methoxy groups -OCH3 is 1. The Morgan fingerprint density at radius 3 is 2.17 bits per heavy atom. The molecular formula is C18H18N2O3. The van der Waals surface area contributed by atoms with Gasteiger partial charge in [0.1, 0.15) is 5.75 Å². The molecule has 1 amide bonds. The number of ether oxygens (including phenoxy) is 1. The van der Waals surface area contributed by atoms with Crippen LogP contribution in [0.4, 0.5) is 0 Å². The molecule has 0 bridgehead atoms. The molecule has 0 saturated heterocycles. The van der Waals surface area contributed by atoms with Crippen LogP contribution in [-0.2, 0) is 0 Å². The van der Waals surface area contributed by atoms with Crippen LogP contribution in [-0.4, -0.2) is 18.8 Å². The Bertz CT molecular complexity index is 707. The van der Waals surface area contributed by atoms with Crippen molar-refractivity contribution in [2.24, 2.45) is 0 Å². The highest BCUT2D eigenvalue weighted by molar-refractivity contribution is 6.05. The summed E-state index contributed by atoms with van der Waals surface area (Å²) in [5, 5.41) is 0. The highest BCUT2D eigenvalue weighted by Gasteiger charge is 2.06. The van der Waals surface area contributed by atoms with Crippen LogP contribution in [0.3, 0.4) is 0 Å². The Kier molecular flexibility index (Phi) is 5.52. The number of hydrazine groups is 1. The Morgan fingerprint density at radius 1 is 0.913 bits per heavy atom. The number of benzene rings is 2. The lowest BCUT2D eigenvalue weighted by atomic mass is 10.1. The number of ketones is 1. The standard InChI is InChI=1S/C18H18N2O3/c1-13(19-20-18(22)15-6-4-3-5-7-15)12-17(21)14-8-10-16(23-2)11-9-14/h3-12,19H,1-2H3,(H,20,22)/b13-12+. The molecule has 0 aliphatic heterocycles. The van der Waals surface area contributed by atoms with Crippen molar-refractivity contribution in [1.29, 1.82) is 0 Å². The summed E-state index contributed by atoms with van der Waals surface area (Å²) in [6.45, 7) is 1.70. The van der Waals surface area contributed by atoms with E-state index in [9.17, 15) is 9.59 Å². The smallest absolute Gasteiger partial charge is 0.269 e. The number of hydrogen-bond acceptors (Lipinski definition) is 4. The number of nitrogens with one attached hydrogen (secondary N) is 2. The molecule has 0 atom stereocenters. The van der Waals surface area contributed by atoms with Crippen LogP contribution >= 0.6 is 0 Å². The van der Waals surface area contributed by atoms with Gasteiger partial charge in [-0.3, -0.25) is 15.0 Å². The second-order valence-corrected chi connectivity index (χ2v) is 4.87. The van der Waals surface area contributed by atoms with Gasteiger partial charge in [0.2, 0.25) is 0 Å². The molecule has 2 rings (SSSR count). The normalized spacial score (nSPS) is 10.8. The van der Waals surface area contributed by atoms with Crippen molar-refractivity contribution in [3.63, 3.8) is 0 Å². The lowest BCUT2D eigenvalue weighted by Crippen LogP contribution is -2.36. The summed E-state index contributed by atoms with van der Waals surface area (Å²) in [5.41, 5.74) is 6.88. The average Bonchev–Trinajstić information content (AvgIpc) is 2.60. The number of hydrogen-bond donors (Lipinski definition) is 2. The molecule has 0 radical (unpaired) electrons. The Hall–Kier alpha value is -3.08. The van der Waals surface area contributed by atoms with E-state index in [1.807, 2.05) is 6.07 Å². The maximum Gasteiger partial charge on any atom is 0.269 e. The summed E-state index contributed by atoms with van der Waals surface area (Å²) >= 11 is 0. The second-order valence-electron chi connectivity index (χ2n) is 4.87. The van der Waals surface area contributed by atoms with Crippen molar-refractivity contribution in [1.82, 2.24) is 10.9 Å². The van der Waals surface area contributed by atoms with Gasteiger partial charge in [0.25, 0.3) is 5.91 Å². The van der Waals surface area contributed by atoms with Gasteiger partial charge in [-0.15, -0.1) is 0 Å². The highest BCUT2D eigenvalue weighted by Crippen LogP contribution is 2.12. The van der Waals surface area contributed by atoms with Gasteiger partial charge in [0.05, 0.1) is 7.11 Å². The van der Waals surface area contributed by atoms with E-state index in [1.54, 1.807) is 62.6 Å². The number of amides is 1. The first kappa shape index (κ1) is 16.3. The molecule has 5 nitrogen and oxygen atoms in total. The third-order valence-electron chi connectivity index (χ3n) is 3.13. The third kappa shape index (κ3) is 4.71. The number of carbonyl (C=O) groups is 2. The van der Waals surface area contributed by atoms with E-state index >= 15 is 0 Å². The van der Waals surface area contributed by atoms with E-state index in [2.05, 4.69) is 10.9 Å². The maximum atomic E-state index is 12.1. The molecule has 0 aliphatic carbocycles. The van der Waals surface area contributed by atoms with Crippen LogP contribution < -0.4 is 15.6 Å². The lowest BCUT2D eigenvalue weighted by Gasteiger charge is -2.08. The first-order valence-corrected chi connectivity index (χ1v) is 7.08. The maximum absolute atomic E-state index is 12.1. The van der Waals surface area contributed by atoms with E-state index in [0.29, 0.717) is 22.6 Å². The average molecular weight is 310 g/mol. The predicted molar refractivity (Wildman–Crippen MR) is 88.1 cm³/mol. The SMILES string of the molecule is COc1ccc(C(=O)/C=C(\C)NNC(=O)c2ccccc2)cc1. The summed E-state index contributed by atoms with van der Waals surface area (Å²) in [6, 6.07) is 15.6. The van der Waals surface area contributed by atoms with Gasteiger partial charge in [-0.2, -0.15) is 0 Å². The van der Waals surface area contributed by atoms with Crippen LogP contribution in [0, 0.1) is 0 Å². The summed E-state index contributed by atoms with van der Waals surface area (Å²) in [5.74, 6) is 0.261. The van der Waals surface area contributed by atoms with Crippen LogP contribution in [0.25, 0.3) is 0 Å². The van der Waals surface area contributed by atoms with Crippen LogP contribution in [0.2, 0.25) is 0 Å². The monoisotopic (exact) mass is 310 g/mol. The molecule has 0 saturated carbocycles. The second kappa shape index (κ2) is 7.79. The van der Waals surface area contributed by atoms with Gasteiger partial charge in [-0.25, -0.2) is 0 Å². The van der Waals surface area contributed by atoms with Gasteiger partial charge < -0.3 is 10.2 Å². The molecule has 2 aromatic carbocycles. The van der Waals surface area contributed by atoms with Crippen molar-refractivity contribution in [2.75, 3.05) is 7.11 Å². The molecule has 0 aromatic heterocycles. The quantitative estimate of drug-likeness (QED) is 0.489. The Morgan fingerprint density at radius 2 is 1.57 bits per heavy atom. The lowest BCUT2D eigenvalue weighted by molar-refractivity contribution is 0.0936. The minimum Gasteiger partial charge on any atom is -0.497 e. The van der Waals surface area contributed by atoms with Crippen LogP contribution in [0.1, 0.15) is 27.6 Å². The van der Waals surface area contributed by atoms with E-state index in [0.717, 1.165) is 0 Å². The van der Waals surface area contributed by atoms with E-state index < -0.39 is 0 Å². The zero-order valence-corrected chi connectivity index (χ0v) is 13.0. The third-order valence-corrected chi connectivity index (χ3v) is 3.13. The van der Waals surface area contributed by atoms with Crippen molar-refractivity contribution in [2.45, 2.75) is 6.92 Å². The van der Waals surface area contributed by atoms with Crippen LogP contribution in [0.5, 0.6) is 5.75 Å². The Balaban J connectivity index is 1.93. The molecule has 0 unspecified atom stereocenters. The molecule has 0 spiro atoms. The number of carbonyl (C=O) groups excluding carboxylic acids is 2. The zero-order chi connectivity index (χ0) is 16.7. The molecule has 23 heavy (non-hydrogen) atoms. The summed E-state index contributed by atoms with van der Waals surface area (Å²) in [4.78, 5) is 24.0. The zero-order valence-electron chi connectivity index (χ0n) is 13.0. The van der Waals surface area contributed by atoms with Crippen molar-refractivity contribution in [3.05, 3.63) is 77.5 Å². The van der Waals surface area contributed by atoms with Gasteiger partial charge >= 0.3 is 0 Å². The van der Waals surface area contributed by atoms with Gasteiger partial charge in [-0.05, 0) is 43.3 Å². The van der Waals surface area contributed by atoms with Gasteiger partial charge in [0, 0.05) is 22.9 Å². The molecular weight excluding hydrogens is 292 g/mol. The van der Waals surface area contributed by atoms with Gasteiger partial charge in [-0.1, -0.05) is 18.2 Å². The minimum atomic E-state index is -0.268. The predicted octanol–water partition coefficient (Wildman–Crippen LogP) is 2.72. The topological polar surface area (TPSA) is 67.4 Å². The van der Waals surface area contributed by atoms with Crippen molar-refractivity contribution >= 4 is 11.7 Å². The fourth-order valence-electron chi connectivity index (χ4n) is 1.89. The largest absolute Gasteiger partial charge is 0.497 e. The van der Waals surface area contributed by atoms with E-state index in [4.69, 9.17) is 4.74 Å². The molecule has 118 valence electrons. The molecule has 2 aromatic rings. The first-order valence-electron chi connectivity index (χ1n) is 7.08. The summed E-state index contributed by atoms with van der Waals surface area (Å²) < 4.78 is 5.05. The fraction of sp³-hybridized carbons (Fsp3) is 0.111. The van der Waals surface area contributed by atoms with Crippen molar-refractivity contribution < 1.29 is 14.3 Å². The number of allylic oxidation sites excluding steroid dienone is 2. The van der Waals surface area contributed by atoms with Crippen LogP contribution in [0.15, 0.2) is 66.4 Å².